The molecule has 27 heavy (non-hydrogen) atoms. The molecule has 5 heteroatoms. The van der Waals surface area contributed by atoms with Gasteiger partial charge in [-0.2, -0.15) is 5.26 Å². The van der Waals surface area contributed by atoms with Crippen LogP contribution in [0.2, 0.25) is 0 Å². The number of hydrogen-bond donors (Lipinski definition) is 1. The van der Waals surface area contributed by atoms with Gasteiger partial charge in [-0.15, -0.1) is 0 Å². The summed E-state index contributed by atoms with van der Waals surface area (Å²) in [5.74, 6) is -0.0778. The topological polar surface area (TPSA) is 87.4 Å². The number of ether oxygens (including phenoxy) is 1. The van der Waals surface area contributed by atoms with Crippen LogP contribution in [0.15, 0.2) is 11.3 Å². The Labute approximate surface area is 160 Å². The van der Waals surface area contributed by atoms with Crippen LogP contribution in [-0.2, 0) is 14.3 Å². The molecule has 3 fully saturated rings. The predicted molar refractivity (Wildman–Crippen MR) is 98.3 cm³/mol. The Balaban J connectivity index is 1.67. The van der Waals surface area contributed by atoms with Crippen molar-refractivity contribution >= 4 is 11.8 Å². The molecule has 5 nitrogen and oxygen atoms in total. The third kappa shape index (κ3) is 2.48. The monoisotopic (exact) mass is 371 g/mol. The van der Waals surface area contributed by atoms with Crippen LogP contribution in [0.4, 0.5) is 0 Å². The molecule has 0 amide bonds. The van der Waals surface area contributed by atoms with E-state index in [2.05, 4.69) is 19.9 Å². The summed E-state index contributed by atoms with van der Waals surface area (Å²) >= 11 is 0. The van der Waals surface area contributed by atoms with Crippen molar-refractivity contribution in [3.8, 4) is 6.07 Å². The van der Waals surface area contributed by atoms with Gasteiger partial charge in [-0.25, -0.2) is 0 Å². The van der Waals surface area contributed by atoms with Gasteiger partial charge < -0.3 is 9.84 Å². The van der Waals surface area contributed by atoms with Crippen molar-refractivity contribution in [2.24, 2.45) is 34.5 Å². The molecule has 0 aliphatic heterocycles. The fraction of sp³-hybridized carbons (Fsp3) is 0.773. The second-order valence-electron chi connectivity index (χ2n) is 9.63. The highest BCUT2D eigenvalue weighted by molar-refractivity contribution is 5.98. The van der Waals surface area contributed by atoms with Crippen LogP contribution >= 0.6 is 0 Å². The highest BCUT2D eigenvalue weighted by Crippen LogP contribution is 2.66. The average Bonchev–Trinajstić information content (AvgIpc) is 2.94. The highest BCUT2D eigenvalue weighted by Gasteiger charge is 2.61. The molecule has 0 radical (unpaired) electrons. The van der Waals surface area contributed by atoms with E-state index in [-0.39, 0.29) is 34.4 Å². The second kappa shape index (κ2) is 6.09. The second-order valence-corrected chi connectivity index (χ2v) is 9.63. The zero-order valence-electron chi connectivity index (χ0n) is 16.5. The number of carbonyl (C=O) groups is 2. The number of rotatable bonds is 1. The van der Waals surface area contributed by atoms with E-state index in [4.69, 9.17) is 4.74 Å². The van der Waals surface area contributed by atoms with Crippen LogP contribution in [0, 0.1) is 45.8 Å². The van der Waals surface area contributed by atoms with Crippen LogP contribution in [-0.4, -0.2) is 23.0 Å². The summed E-state index contributed by atoms with van der Waals surface area (Å²) < 4.78 is 5.68. The third-order valence-electron chi connectivity index (χ3n) is 8.51. The Morgan fingerprint density at radius 1 is 1.22 bits per heavy atom. The number of ketones is 1. The number of aliphatic hydroxyl groups is 1. The van der Waals surface area contributed by atoms with Crippen molar-refractivity contribution in [2.45, 2.75) is 71.8 Å². The summed E-state index contributed by atoms with van der Waals surface area (Å²) in [5.41, 5.74) is 0.631. The molecule has 0 saturated heterocycles. The molecule has 1 N–H and O–H groups in total. The molecule has 0 heterocycles. The Morgan fingerprint density at radius 3 is 2.63 bits per heavy atom. The number of aliphatic hydroxyl groups excluding tert-OH is 1. The molecule has 146 valence electrons. The Hall–Kier alpha value is -1.83. The molecule has 4 aliphatic rings. The van der Waals surface area contributed by atoms with Crippen LogP contribution in [0.1, 0.15) is 65.7 Å². The lowest BCUT2D eigenvalue weighted by molar-refractivity contribution is -0.157. The molecule has 2 unspecified atom stereocenters. The van der Waals surface area contributed by atoms with Gasteiger partial charge in [0.25, 0.3) is 0 Å². The van der Waals surface area contributed by atoms with E-state index >= 15 is 0 Å². The molecule has 0 aromatic carbocycles. The van der Waals surface area contributed by atoms with Crippen LogP contribution in [0.25, 0.3) is 0 Å². The van der Waals surface area contributed by atoms with E-state index in [1.807, 2.05) is 0 Å². The fourth-order valence-corrected chi connectivity index (χ4v) is 7.25. The SMILES string of the molecule is CC(=O)OC1CC[C@H]2[C@@H]3CCC4=C(O)C(=O)C(C#N)C[C@]4(C)[C@H]3CC[C@]12C. The van der Waals surface area contributed by atoms with E-state index in [0.29, 0.717) is 24.2 Å². The Morgan fingerprint density at radius 2 is 1.96 bits per heavy atom. The molecular formula is C22H29NO4. The number of allylic oxidation sites excluding steroid dienone is 1. The molecule has 0 aromatic rings. The van der Waals surface area contributed by atoms with Gasteiger partial charge in [0.05, 0.1) is 6.07 Å². The maximum absolute atomic E-state index is 12.3. The van der Waals surface area contributed by atoms with Crippen molar-refractivity contribution in [3.05, 3.63) is 11.3 Å². The average molecular weight is 371 g/mol. The van der Waals surface area contributed by atoms with Gasteiger partial charge in [-0.3, -0.25) is 9.59 Å². The summed E-state index contributed by atoms with van der Waals surface area (Å²) in [6.07, 6.45) is 6.21. The fourth-order valence-electron chi connectivity index (χ4n) is 7.25. The summed E-state index contributed by atoms with van der Waals surface area (Å²) in [4.78, 5) is 23.9. The number of fused-ring (bicyclic) bond motifs is 5. The number of hydrogen-bond acceptors (Lipinski definition) is 5. The molecule has 4 aliphatic carbocycles. The van der Waals surface area contributed by atoms with Crippen molar-refractivity contribution in [1.29, 1.82) is 5.26 Å². The van der Waals surface area contributed by atoms with Crippen molar-refractivity contribution < 1.29 is 19.4 Å². The van der Waals surface area contributed by atoms with Gasteiger partial charge in [0.2, 0.25) is 5.78 Å². The number of nitrogens with zero attached hydrogens (tertiary/aromatic N) is 1. The van der Waals surface area contributed by atoms with Gasteiger partial charge >= 0.3 is 5.97 Å². The lowest BCUT2D eigenvalue weighted by Crippen LogP contribution is -2.53. The standard InChI is InChI=1S/C22H29NO4/c1-12(24)27-18-7-6-15-14-4-5-17-20(26)19(25)13(11-23)10-22(17,3)16(14)8-9-21(15,18)2/h13-16,18,26H,4-10H2,1-3H3/t13?,14-,15-,16-,18?,21-,22+/m0/s1. The normalized spacial score (nSPS) is 46.1. The smallest absolute Gasteiger partial charge is 0.302 e. The van der Waals surface area contributed by atoms with Gasteiger partial charge in [0, 0.05) is 12.3 Å². The maximum atomic E-state index is 12.3. The molecule has 0 bridgehead atoms. The quantitative estimate of drug-likeness (QED) is 0.702. The zero-order chi connectivity index (χ0) is 19.6. The number of Topliss-reactive ketones (excluding diaryl/α,β-unsaturated/α-hetero) is 1. The van der Waals surface area contributed by atoms with E-state index in [1.54, 1.807) is 0 Å². The van der Waals surface area contributed by atoms with Gasteiger partial charge in [-0.1, -0.05) is 13.8 Å². The Bertz CT molecular complexity index is 765. The zero-order valence-corrected chi connectivity index (χ0v) is 16.5. The van der Waals surface area contributed by atoms with Crippen molar-refractivity contribution in [1.82, 2.24) is 0 Å². The molecule has 4 rings (SSSR count). The number of nitriles is 1. The first-order valence-electron chi connectivity index (χ1n) is 10.3. The molecular weight excluding hydrogens is 342 g/mol. The lowest BCUT2D eigenvalue weighted by atomic mass is 9.46. The van der Waals surface area contributed by atoms with E-state index in [0.717, 1.165) is 44.1 Å². The minimum absolute atomic E-state index is 0.00103. The van der Waals surface area contributed by atoms with E-state index in [1.165, 1.54) is 6.92 Å². The maximum Gasteiger partial charge on any atom is 0.302 e. The summed E-state index contributed by atoms with van der Waals surface area (Å²) in [7, 11) is 0. The van der Waals surface area contributed by atoms with Crippen LogP contribution < -0.4 is 0 Å². The first kappa shape index (κ1) is 18.5. The van der Waals surface area contributed by atoms with Gasteiger partial charge in [-0.05, 0) is 73.7 Å². The number of esters is 1. The predicted octanol–water partition coefficient (Wildman–Crippen LogP) is 4.09. The summed E-state index contributed by atoms with van der Waals surface area (Å²) in [6.45, 7) is 5.93. The van der Waals surface area contributed by atoms with Crippen molar-refractivity contribution in [2.75, 3.05) is 0 Å². The summed E-state index contributed by atoms with van der Waals surface area (Å²) in [5, 5.41) is 20.0. The Kier molecular flexibility index (Phi) is 4.18. The minimum Gasteiger partial charge on any atom is -0.504 e. The third-order valence-corrected chi connectivity index (χ3v) is 8.51. The van der Waals surface area contributed by atoms with E-state index in [9.17, 15) is 20.0 Å². The van der Waals surface area contributed by atoms with Crippen molar-refractivity contribution in [3.63, 3.8) is 0 Å². The minimum atomic E-state index is -0.733. The van der Waals surface area contributed by atoms with Gasteiger partial charge in [0.15, 0.2) is 5.76 Å². The van der Waals surface area contributed by atoms with Crippen LogP contribution in [0.5, 0.6) is 0 Å². The van der Waals surface area contributed by atoms with Crippen LogP contribution in [0.3, 0.4) is 0 Å². The molecule has 7 atom stereocenters. The largest absolute Gasteiger partial charge is 0.504 e. The first-order chi connectivity index (χ1) is 12.7. The molecule has 0 spiro atoms. The molecule has 0 aromatic heterocycles. The molecule has 3 saturated carbocycles. The first-order valence-corrected chi connectivity index (χ1v) is 10.3. The van der Waals surface area contributed by atoms with Gasteiger partial charge in [0.1, 0.15) is 12.0 Å². The lowest BCUT2D eigenvalue weighted by Gasteiger charge is -2.58. The highest BCUT2D eigenvalue weighted by atomic mass is 16.5. The summed E-state index contributed by atoms with van der Waals surface area (Å²) in [6, 6.07) is 2.12. The van der Waals surface area contributed by atoms with E-state index < -0.39 is 5.92 Å². The number of carbonyl (C=O) groups excluding carboxylic acids is 2.